The quantitative estimate of drug-likeness (QED) is 0.903. The molecule has 4 nitrogen and oxygen atoms in total. The molecule has 1 fully saturated rings. The Labute approximate surface area is 155 Å². The molecule has 2 aromatic carbocycles. The Kier molecular flexibility index (Phi) is 4.68. The van der Waals surface area contributed by atoms with Crippen molar-refractivity contribution >= 4 is 29.3 Å². The Hall–Kier alpha value is -2.34. The molecule has 2 aliphatic heterocycles. The zero-order valence-corrected chi connectivity index (χ0v) is 15.0. The second kappa shape index (κ2) is 7.11. The molecule has 2 atom stereocenters. The van der Waals surface area contributed by atoms with E-state index in [1.54, 1.807) is 23.1 Å². The zero-order valence-electron chi connectivity index (χ0n) is 14.2. The van der Waals surface area contributed by atoms with Crippen molar-refractivity contribution in [3.63, 3.8) is 0 Å². The van der Waals surface area contributed by atoms with Crippen LogP contribution in [0.15, 0.2) is 48.5 Å². The zero-order chi connectivity index (χ0) is 18.1. The number of nitrogens with zero attached hydrogens (tertiary/aromatic N) is 1. The second-order valence-corrected chi connectivity index (χ2v) is 7.78. The van der Waals surface area contributed by atoms with Crippen LogP contribution < -0.4 is 10.2 Å². The molecule has 4 rings (SSSR count). The monoisotopic (exact) mass is 370 g/mol. The van der Waals surface area contributed by atoms with Crippen LogP contribution in [0.1, 0.15) is 11.1 Å². The molecule has 0 aromatic heterocycles. The van der Waals surface area contributed by atoms with Gasteiger partial charge >= 0.3 is 0 Å². The van der Waals surface area contributed by atoms with E-state index in [-0.39, 0.29) is 22.9 Å². The first-order valence-corrected chi connectivity index (χ1v) is 9.73. The molecule has 134 valence electrons. The van der Waals surface area contributed by atoms with Gasteiger partial charge in [0.25, 0.3) is 0 Å². The lowest BCUT2D eigenvalue weighted by Gasteiger charge is -2.31. The summed E-state index contributed by atoms with van der Waals surface area (Å²) >= 11 is 1.43. The van der Waals surface area contributed by atoms with Crippen molar-refractivity contribution in [3.8, 4) is 0 Å². The van der Waals surface area contributed by atoms with E-state index in [2.05, 4.69) is 5.32 Å². The van der Waals surface area contributed by atoms with Crippen LogP contribution in [0.3, 0.4) is 0 Å². The number of benzene rings is 2. The first kappa shape index (κ1) is 17.1. The Balaban J connectivity index is 1.42. The molecule has 0 spiro atoms. The first-order chi connectivity index (χ1) is 12.6. The number of carbonyl (C=O) groups excluding carboxylic acids is 2. The van der Waals surface area contributed by atoms with E-state index in [0.717, 1.165) is 17.7 Å². The fraction of sp³-hybridized carbons (Fsp3) is 0.300. The van der Waals surface area contributed by atoms with E-state index in [4.69, 9.17) is 0 Å². The molecule has 26 heavy (non-hydrogen) atoms. The van der Waals surface area contributed by atoms with Gasteiger partial charge in [-0.15, -0.1) is 11.8 Å². The second-order valence-electron chi connectivity index (χ2n) is 6.55. The Bertz CT molecular complexity index is 857. The lowest BCUT2D eigenvalue weighted by Crippen LogP contribution is -2.55. The van der Waals surface area contributed by atoms with Crippen LogP contribution in [-0.2, 0) is 22.4 Å². The highest BCUT2D eigenvalue weighted by atomic mass is 32.2. The highest BCUT2D eigenvalue weighted by molar-refractivity contribution is 8.00. The van der Waals surface area contributed by atoms with Crippen molar-refractivity contribution in [3.05, 3.63) is 65.5 Å². The van der Waals surface area contributed by atoms with Crippen LogP contribution in [0.5, 0.6) is 0 Å². The van der Waals surface area contributed by atoms with Crippen molar-refractivity contribution in [2.75, 3.05) is 17.2 Å². The fourth-order valence-corrected chi connectivity index (χ4v) is 4.67. The summed E-state index contributed by atoms with van der Waals surface area (Å²) in [6.45, 7) is 0.647. The third-order valence-corrected chi connectivity index (χ3v) is 6.20. The van der Waals surface area contributed by atoms with Crippen LogP contribution in [0.2, 0.25) is 0 Å². The molecule has 0 radical (unpaired) electrons. The Morgan fingerprint density at radius 1 is 1.19 bits per heavy atom. The standard InChI is InChI=1S/C20H19FN2O2S/c21-15-7-3-1-6-14(15)11-18-19(24)22-16(12-26-18)20(25)23-10-9-13-5-2-4-8-17(13)23/h1-8,16,18H,9-12H2,(H,22,24)/t16-,18+/m1/s1. The number of thioether (sulfide) groups is 1. The molecule has 0 saturated carbocycles. The van der Waals surface area contributed by atoms with Crippen molar-refractivity contribution in [2.45, 2.75) is 24.1 Å². The number of hydrogen-bond donors (Lipinski definition) is 1. The number of hydrogen-bond acceptors (Lipinski definition) is 3. The predicted octanol–water partition coefficient (Wildman–Crippen LogP) is 2.56. The summed E-state index contributed by atoms with van der Waals surface area (Å²) in [5, 5.41) is 2.47. The minimum Gasteiger partial charge on any atom is -0.343 e. The third kappa shape index (κ3) is 3.21. The van der Waals surface area contributed by atoms with Crippen LogP contribution in [-0.4, -0.2) is 35.4 Å². The maximum Gasteiger partial charge on any atom is 0.250 e. The summed E-state index contributed by atoms with van der Waals surface area (Å²) < 4.78 is 13.8. The maximum absolute atomic E-state index is 13.8. The van der Waals surface area contributed by atoms with Crippen molar-refractivity contribution < 1.29 is 14.0 Å². The normalized spacial score (nSPS) is 22.0. The number of nitrogens with one attached hydrogen (secondary N) is 1. The van der Waals surface area contributed by atoms with E-state index in [9.17, 15) is 14.0 Å². The minimum atomic E-state index is -0.532. The van der Waals surface area contributed by atoms with Gasteiger partial charge in [0.2, 0.25) is 11.8 Å². The van der Waals surface area contributed by atoms with Crippen LogP contribution in [0.25, 0.3) is 0 Å². The van der Waals surface area contributed by atoms with E-state index >= 15 is 0 Å². The van der Waals surface area contributed by atoms with Gasteiger partial charge in [0, 0.05) is 18.0 Å². The van der Waals surface area contributed by atoms with Crippen molar-refractivity contribution in [2.24, 2.45) is 0 Å². The number of anilines is 1. The molecule has 0 aliphatic carbocycles. The smallest absolute Gasteiger partial charge is 0.250 e. The van der Waals surface area contributed by atoms with Crippen LogP contribution in [0, 0.1) is 5.82 Å². The van der Waals surface area contributed by atoms with Gasteiger partial charge in [0.1, 0.15) is 11.9 Å². The van der Waals surface area contributed by atoms with E-state index < -0.39 is 6.04 Å². The summed E-state index contributed by atoms with van der Waals surface area (Å²) in [5.41, 5.74) is 2.62. The molecule has 6 heteroatoms. The number of carbonyl (C=O) groups is 2. The lowest BCUT2D eigenvalue weighted by atomic mass is 10.1. The molecule has 2 aromatic rings. The highest BCUT2D eigenvalue weighted by Gasteiger charge is 2.36. The number of halogens is 1. The molecule has 0 bridgehead atoms. The summed E-state index contributed by atoms with van der Waals surface area (Å²) in [7, 11) is 0. The molecule has 2 amide bonds. The summed E-state index contributed by atoms with van der Waals surface area (Å²) in [6.07, 6.45) is 1.17. The SMILES string of the molecule is O=C1N[C@@H](C(=O)N2CCc3ccccc32)CS[C@H]1Cc1ccccc1F. The summed E-state index contributed by atoms with van der Waals surface area (Å²) in [5.74, 6) is -0.0641. The summed E-state index contributed by atoms with van der Waals surface area (Å²) in [4.78, 5) is 27.1. The number of rotatable bonds is 3. The highest BCUT2D eigenvalue weighted by Crippen LogP contribution is 2.30. The predicted molar refractivity (Wildman–Crippen MR) is 101 cm³/mol. The van der Waals surface area contributed by atoms with E-state index in [1.165, 1.54) is 17.8 Å². The van der Waals surface area contributed by atoms with Gasteiger partial charge in [-0.1, -0.05) is 36.4 Å². The summed E-state index contributed by atoms with van der Waals surface area (Å²) in [6, 6.07) is 13.8. The maximum atomic E-state index is 13.8. The van der Waals surface area contributed by atoms with E-state index in [0.29, 0.717) is 24.3 Å². The lowest BCUT2D eigenvalue weighted by molar-refractivity contribution is -0.127. The van der Waals surface area contributed by atoms with Gasteiger partial charge in [0.05, 0.1) is 5.25 Å². The molecule has 2 aliphatic rings. The third-order valence-electron chi connectivity index (χ3n) is 4.89. The van der Waals surface area contributed by atoms with Gasteiger partial charge < -0.3 is 10.2 Å². The van der Waals surface area contributed by atoms with Crippen LogP contribution >= 0.6 is 11.8 Å². The van der Waals surface area contributed by atoms with Crippen molar-refractivity contribution in [1.29, 1.82) is 0 Å². The molecule has 1 N–H and O–H groups in total. The molecular weight excluding hydrogens is 351 g/mol. The van der Waals surface area contributed by atoms with E-state index in [1.807, 2.05) is 24.3 Å². The van der Waals surface area contributed by atoms with Gasteiger partial charge in [-0.05, 0) is 36.1 Å². The van der Waals surface area contributed by atoms with Gasteiger partial charge in [-0.3, -0.25) is 9.59 Å². The number of fused-ring (bicyclic) bond motifs is 1. The molecule has 1 saturated heterocycles. The topological polar surface area (TPSA) is 49.4 Å². The Morgan fingerprint density at radius 3 is 2.77 bits per heavy atom. The van der Waals surface area contributed by atoms with Crippen molar-refractivity contribution in [1.82, 2.24) is 5.32 Å². The Morgan fingerprint density at radius 2 is 1.96 bits per heavy atom. The number of amides is 2. The largest absolute Gasteiger partial charge is 0.343 e. The average Bonchev–Trinajstić information content (AvgIpc) is 3.08. The van der Waals surface area contributed by atoms with Crippen LogP contribution in [0.4, 0.5) is 10.1 Å². The average molecular weight is 370 g/mol. The number of para-hydroxylation sites is 1. The first-order valence-electron chi connectivity index (χ1n) is 8.68. The molecule has 0 unspecified atom stereocenters. The minimum absolute atomic E-state index is 0.0693. The molecule has 2 heterocycles. The van der Waals surface area contributed by atoms with Gasteiger partial charge in [0.15, 0.2) is 0 Å². The van der Waals surface area contributed by atoms with Gasteiger partial charge in [-0.25, -0.2) is 4.39 Å². The van der Waals surface area contributed by atoms with Gasteiger partial charge in [-0.2, -0.15) is 0 Å². The fourth-order valence-electron chi connectivity index (χ4n) is 3.50. The molecular formula is C20H19FN2O2S.